The fraction of sp³-hybridized carbons (Fsp3) is 0.292. The molecule has 2 aliphatic heterocycles. The summed E-state index contributed by atoms with van der Waals surface area (Å²) in [5, 5.41) is 3.44. The summed E-state index contributed by atoms with van der Waals surface area (Å²) in [5.41, 5.74) is 6.55. The second-order valence-corrected chi connectivity index (χ2v) is 8.35. The minimum atomic E-state index is -0.108. The largest absolute Gasteiger partial charge is 0.363 e. The predicted octanol–water partition coefficient (Wildman–Crippen LogP) is 2.88. The quantitative estimate of drug-likeness (QED) is 0.597. The van der Waals surface area contributed by atoms with E-state index in [9.17, 15) is 4.79 Å². The second kappa shape index (κ2) is 8.45. The number of rotatable bonds is 5. The molecule has 2 aliphatic rings. The van der Waals surface area contributed by atoms with Crippen molar-refractivity contribution in [1.29, 1.82) is 0 Å². The van der Waals surface area contributed by atoms with E-state index < -0.39 is 0 Å². The van der Waals surface area contributed by atoms with Crippen LogP contribution in [0.3, 0.4) is 0 Å². The molecule has 0 unspecified atom stereocenters. The number of nitrogens with one attached hydrogen (secondary N) is 3. The molecule has 7 heteroatoms. The number of hydrogen-bond donors (Lipinski definition) is 3. The molecule has 0 saturated carbocycles. The Hall–Kier alpha value is -3.29. The van der Waals surface area contributed by atoms with Gasteiger partial charge in [0.1, 0.15) is 0 Å². The van der Waals surface area contributed by atoms with E-state index in [1.54, 1.807) is 12.3 Å². The number of hydrogen-bond acceptors (Lipinski definition) is 5. The lowest BCUT2D eigenvalue weighted by Crippen LogP contribution is -2.43. The highest BCUT2D eigenvalue weighted by Crippen LogP contribution is 2.30. The van der Waals surface area contributed by atoms with Gasteiger partial charge in [-0.05, 0) is 36.9 Å². The number of H-pyrrole nitrogens is 2. The Bertz CT molecular complexity index is 1100. The first-order valence-electron chi connectivity index (χ1n) is 10.7. The molecule has 0 aliphatic carbocycles. The third-order valence-electron chi connectivity index (χ3n) is 6.07. The molecule has 1 saturated heterocycles. The van der Waals surface area contributed by atoms with Crippen molar-refractivity contribution in [2.45, 2.75) is 13.1 Å². The Morgan fingerprint density at radius 3 is 2.52 bits per heavy atom. The summed E-state index contributed by atoms with van der Waals surface area (Å²) >= 11 is 0. The van der Waals surface area contributed by atoms with Gasteiger partial charge in [-0.3, -0.25) is 9.69 Å². The summed E-state index contributed by atoms with van der Waals surface area (Å²) in [4.78, 5) is 24.6. The van der Waals surface area contributed by atoms with Gasteiger partial charge >= 0.3 is 0 Å². The average Bonchev–Trinajstić information content (AvgIpc) is 3.27. The van der Waals surface area contributed by atoms with Crippen molar-refractivity contribution in [2.24, 2.45) is 0 Å². The van der Waals surface area contributed by atoms with Crippen molar-refractivity contribution >= 4 is 17.1 Å². The van der Waals surface area contributed by atoms with Gasteiger partial charge in [0.05, 0.1) is 17.9 Å². The monoisotopic (exact) mass is 416 g/mol. The summed E-state index contributed by atoms with van der Waals surface area (Å²) in [7, 11) is 2.19. The van der Waals surface area contributed by atoms with Crippen LogP contribution >= 0.6 is 0 Å². The molecule has 5 rings (SSSR count). The Balaban J connectivity index is 1.33. The normalized spacial score (nSPS) is 17.3. The van der Waals surface area contributed by atoms with Crippen LogP contribution in [-0.2, 0) is 13.1 Å². The minimum absolute atomic E-state index is 0.108. The van der Waals surface area contributed by atoms with Crippen LogP contribution in [0.25, 0.3) is 5.70 Å². The Morgan fingerprint density at radius 1 is 0.968 bits per heavy atom. The summed E-state index contributed by atoms with van der Waals surface area (Å²) in [5.74, 6) is 0. The molecule has 31 heavy (non-hydrogen) atoms. The number of piperazine rings is 1. The van der Waals surface area contributed by atoms with Gasteiger partial charge < -0.3 is 25.1 Å². The first kappa shape index (κ1) is 19.7. The molecular formula is C24H28N6O. The third kappa shape index (κ3) is 4.42. The zero-order valence-electron chi connectivity index (χ0n) is 17.8. The van der Waals surface area contributed by atoms with Crippen molar-refractivity contribution in [1.82, 2.24) is 19.8 Å². The zero-order valence-corrected chi connectivity index (χ0v) is 17.8. The number of likely N-dealkylation sites (N-methyl/N-ethyl adjacent to an activating group) is 1. The van der Waals surface area contributed by atoms with E-state index in [1.807, 2.05) is 6.20 Å². The lowest BCUT2D eigenvalue weighted by Gasteiger charge is -2.32. The van der Waals surface area contributed by atoms with Gasteiger partial charge in [-0.15, -0.1) is 0 Å². The molecule has 3 aromatic rings. The lowest BCUT2D eigenvalue weighted by atomic mass is 10.1. The molecule has 2 aromatic heterocycles. The van der Waals surface area contributed by atoms with Crippen molar-refractivity contribution in [3.8, 4) is 0 Å². The fourth-order valence-electron chi connectivity index (χ4n) is 4.19. The van der Waals surface area contributed by atoms with Gasteiger partial charge in [0.15, 0.2) is 0 Å². The maximum Gasteiger partial charge on any atom is 0.248 e. The molecule has 7 nitrogen and oxygen atoms in total. The highest BCUT2D eigenvalue weighted by Gasteiger charge is 2.20. The van der Waals surface area contributed by atoms with E-state index in [1.165, 1.54) is 11.6 Å². The van der Waals surface area contributed by atoms with E-state index in [4.69, 9.17) is 0 Å². The Kier molecular flexibility index (Phi) is 5.36. The molecule has 0 bridgehead atoms. The lowest BCUT2D eigenvalue weighted by molar-refractivity contribution is 0.148. The number of fused-ring (bicyclic) bond motifs is 1. The topological polar surface area (TPSA) is 70.4 Å². The van der Waals surface area contributed by atoms with Crippen LogP contribution in [0.4, 0.5) is 11.4 Å². The summed E-state index contributed by atoms with van der Waals surface area (Å²) < 4.78 is 0. The van der Waals surface area contributed by atoms with E-state index in [0.717, 1.165) is 67.6 Å². The van der Waals surface area contributed by atoms with Gasteiger partial charge in [-0.1, -0.05) is 12.1 Å². The number of aromatic amines is 2. The molecular weight excluding hydrogens is 388 g/mol. The molecule has 0 radical (unpaired) electrons. The van der Waals surface area contributed by atoms with Crippen molar-refractivity contribution in [3.05, 3.63) is 88.2 Å². The molecule has 0 atom stereocenters. The summed E-state index contributed by atoms with van der Waals surface area (Å²) in [6.07, 6.45) is 5.80. The van der Waals surface area contributed by atoms with Crippen molar-refractivity contribution in [3.63, 3.8) is 0 Å². The predicted molar refractivity (Wildman–Crippen MR) is 125 cm³/mol. The molecule has 0 spiro atoms. The van der Waals surface area contributed by atoms with Gasteiger partial charge in [-0.2, -0.15) is 0 Å². The van der Waals surface area contributed by atoms with Gasteiger partial charge in [0, 0.05) is 74.3 Å². The SMILES string of the molecule is CN1CCN(Cc2ccc(N3C=C(Nc4ccc(=O)[nH]c4)c4cc[nH]c4C3)cc2)CC1. The van der Waals surface area contributed by atoms with Crippen LogP contribution in [0.5, 0.6) is 0 Å². The first-order chi connectivity index (χ1) is 15.1. The van der Waals surface area contributed by atoms with Gasteiger partial charge in [0.2, 0.25) is 5.56 Å². The summed E-state index contributed by atoms with van der Waals surface area (Å²) in [6.45, 7) is 6.33. The van der Waals surface area contributed by atoms with E-state index in [-0.39, 0.29) is 5.56 Å². The Morgan fingerprint density at radius 2 is 1.77 bits per heavy atom. The molecule has 1 aromatic carbocycles. The van der Waals surface area contributed by atoms with Crippen LogP contribution in [0.15, 0.2) is 65.9 Å². The summed E-state index contributed by atoms with van der Waals surface area (Å²) in [6, 6.07) is 14.3. The standard InChI is InChI=1S/C24H28N6O/c1-28-10-12-29(13-11-28)15-18-2-5-20(6-3-18)30-16-22-21(8-9-25-22)23(17-30)27-19-4-7-24(31)26-14-19/h2-9,14,17,25,27H,10-13,15-16H2,1H3,(H,26,31). The number of pyridine rings is 1. The number of benzene rings is 1. The van der Waals surface area contributed by atoms with Gasteiger partial charge in [0.25, 0.3) is 0 Å². The zero-order chi connectivity index (χ0) is 21.2. The third-order valence-corrected chi connectivity index (χ3v) is 6.07. The van der Waals surface area contributed by atoms with Gasteiger partial charge in [-0.25, -0.2) is 0 Å². The molecule has 3 N–H and O–H groups in total. The Labute approximate surface area is 182 Å². The highest BCUT2D eigenvalue weighted by atomic mass is 16.1. The highest BCUT2D eigenvalue weighted by molar-refractivity contribution is 5.81. The fourth-order valence-corrected chi connectivity index (χ4v) is 4.19. The number of nitrogens with zero attached hydrogens (tertiary/aromatic N) is 3. The molecule has 4 heterocycles. The molecule has 160 valence electrons. The van der Waals surface area contributed by atoms with Crippen LogP contribution < -0.4 is 15.8 Å². The van der Waals surface area contributed by atoms with Crippen LogP contribution in [0, 0.1) is 0 Å². The first-order valence-corrected chi connectivity index (χ1v) is 10.7. The van der Waals surface area contributed by atoms with Crippen molar-refractivity contribution in [2.75, 3.05) is 43.4 Å². The maximum atomic E-state index is 11.4. The number of anilines is 2. The average molecular weight is 417 g/mol. The van der Waals surface area contributed by atoms with E-state index in [2.05, 4.69) is 73.6 Å². The molecule has 1 fully saturated rings. The van der Waals surface area contributed by atoms with Crippen molar-refractivity contribution < 1.29 is 0 Å². The van der Waals surface area contributed by atoms with Crippen LogP contribution in [0.2, 0.25) is 0 Å². The van der Waals surface area contributed by atoms with Crippen LogP contribution in [0.1, 0.15) is 16.8 Å². The maximum absolute atomic E-state index is 11.4. The van der Waals surface area contributed by atoms with Crippen LogP contribution in [-0.4, -0.2) is 53.0 Å². The minimum Gasteiger partial charge on any atom is -0.363 e. The van der Waals surface area contributed by atoms with E-state index in [0.29, 0.717) is 0 Å². The number of aromatic nitrogens is 2. The van der Waals surface area contributed by atoms with E-state index >= 15 is 0 Å². The molecule has 0 amide bonds. The smallest absolute Gasteiger partial charge is 0.248 e. The second-order valence-electron chi connectivity index (χ2n) is 8.35.